The van der Waals surface area contributed by atoms with Crippen LogP contribution in [0.2, 0.25) is 0 Å². The minimum absolute atomic E-state index is 0.0319. The third-order valence-corrected chi connectivity index (χ3v) is 4.69. The second kappa shape index (κ2) is 6.31. The largest absolute Gasteiger partial charge is 0.508 e. The number of aromatic hydroxyl groups is 1. The lowest BCUT2D eigenvalue weighted by Crippen LogP contribution is -2.41. The number of phenols is 1. The number of hydrogen-bond donors (Lipinski definition) is 3. The van der Waals surface area contributed by atoms with Gasteiger partial charge in [-0.25, -0.2) is 4.57 Å². The molecule has 0 unspecified atom stereocenters. The van der Waals surface area contributed by atoms with E-state index in [9.17, 15) is 10.2 Å². The highest BCUT2D eigenvalue weighted by molar-refractivity contribution is 5.62. The van der Waals surface area contributed by atoms with Crippen LogP contribution in [0, 0.1) is 6.92 Å². The quantitative estimate of drug-likeness (QED) is 0.493. The Balaban J connectivity index is 1.96. The summed E-state index contributed by atoms with van der Waals surface area (Å²) in [5, 5.41) is 19.1. The van der Waals surface area contributed by atoms with Crippen molar-refractivity contribution >= 4 is 5.82 Å². The van der Waals surface area contributed by atoms with E-state index in [1.54, 1.807) is 23.0 Å². The molecule has 6 heteroatoms. The fraction of sp³-hybridized carbons (Fsp3) is 0.200. The molecule has 0 spiro atoms. The van der Waals surface area contributed by atoms with Crippen LogP contribution < -0.4 is 15.0 Å². The molecule has 0 aliphatic carbocycles. The molecule has 0 fully saturated rings. The summed E-state index contributed by atoms with van der Waals surface area (Å²) in [6, 6.07) is 13.3. The standard InChI is InChI=1S/C20H19N3O3/c1-12-2-4-13(5-3-12)17-15-7-6-14(25)10-16(15)26-20-18(17)19(21)23(8-9-24)11-22-20/h2-7,10-11,17,21,24-25H,8-9H2,1H3/p+1/t17-/m1/s1. The number of aromatic nitrogens is 2. The zero-order valence-corrected chi connectivity index (χ0v) is 14.4. The van der Waals surface area contributed by atoms with Gasteiger partial charge >= 0.3 is 5.88 Å². The number of nitrogen functional groups attached to an aromatic ring is 1. The Bertz CT molecular complexity index is 971. The fourth-order valence-electron chi connectivity index (χ4n) is 3.37. The van der Waals surface area contributed by atoms with E-state index in [2.05, 4.69) is 29.2 Å². The number of nitrogens with zero attached hydrogens (tertiary/aromatic N) is 2. The van der Waals surface area contributed by atoms with Gasteiger partial charge in [-0.1, -0.05) is 40.9 Å². The molecule has 1 aliphatic heterocycles. The maximum absolute atomic E-state index is 9.84. The number of aliphatic hydroxyl groups is 1. The van der Waals surface area contributed by atoms with Crippen LogP contribution in [-0.2, 0) is 6.54 Å². The first-order chi connectivity index (χ1) is 12.6. The van der Waals surface area contributed by atoms with Gasteiger partial charge in [0, 0.05) is 11.6 Å². The van der Waals surface area contributed by atoms with Crippen LogP contribution in [0.25, 0.3) is 0 Å². The van der Waals surface area contributed by atoms with E-state index in [0.717, 1.165) is 16.7 Å². The molecule has 1 aliphatic rings. The van der Waals surface area contributed by atoms with Gasteiger partial charge in [0.25, 0.3) is 0 Å². The van der Waals surface area contributed by atoms with Gasteiger partial charge in [0.05, 0.1) is 19.1 Å². The number of fused-ring (bicyclic) bond motifs is 2. The van der Waals surface area contributed by atoms with Gasteiger partial charge in [-0.2, -0.15) is 0 Å². The summed E-state index contributed by atoms with van der Waals surface area (Å²) in [7, 11) is 0. The van der Waals surface area contributed by atoms with E-state index in [0.29, 0.717) is 24.0 Å². The molecule has 0 saturated carbocycles. The number of rotatable bonds is 3. The summed E-state index contributed by atoms with van der Waals surface area (Å²) in [6.45, 7) is 2.36. The Morgan fingerprint density at radius 2 is 1.96 bits per heavy atom. The molecule has 132 valence electrons. The second-order valence-electron chi connectivity index (χ2n) is 6.43. The van der Waals surface area contributed by atoms with Crippen molar-refractivity contribution in [1.82, 2.24) is 4.98 Å². The van der Waals surface area contributed by atoms with Crippen LogP contribution in [0.3, 0.4) is 0 Å². The van der Waals surface area contributed by atoms with Crippen LogP contribution in [0.15, 0.2) is 48.8 Å². The highest BCUT2D eigenvalue weighted by Gasteiger charge is 2.36. The number of benzene rings is 2. The van der Waals surface area contributed by atoms with Crippen LogP contribution in [0.1, 0.15) is 28.2 Å². The molecular formula is C20H20N3O3+. The van der Waals surface area contributed by atoms with E-state index in [1.807, 2.05) is 13.0 Å². The normalized spacial score (nSPS) is 15.1. The van der Waals surface area contributed by atoms with E-state index in [-0.39, 0.29) is 18.3 Å². The highest BCUT2D eigenvalue weighted by atomic mass is 16.5. The average Bonchev–Trinajstić information content (AvgIpc) is 2.63. The summed E-state index contributed by atoms with van der Waals surface area (Å²) in [4.78, 5) is 4.39. The zero-order chi connectivity index (χ0) is 18.3. The molecule has 2 aromatic carbocycles. The number of aliphatic hydroxyl groups excluding tert-OH is 1. The van der Waals surface area contributed by atoms with Crippen molar-refractivity contribution in [2.24, 2.45) is 0 Å². The molecular weight excluding hydrogens is 330 g/mol. The maximum atomic E-state index is 9.84. The molecule has 26 heavy (non-hydrogen) atoms. The van der Waals surface area contributed by atoms with Crippen molar-refractivity contribution in [2.75, 3.05) is 12.3 Å². The molecule has 4 rings (SSSR count). The number of aryl methyl sites for hydroxylation is 1. The molecule has 0 amide bonds. The van der Waals surface area contributed by atoms with E-state index in [4.69, 9.17) is 10.5 Å². The topological polar surface area (TPSA) is 92.5 Å². The number of hydrogen-bond acceptors (Lipinski definition) is 5. The molecule has 3 aromatic rings. The van der Waals surface area contributed by atoms with E-state index in [1.165, 1.54) is 5.56 Å². The molecule has 1 aromatic heterocycles. The second-order valence-corrected chi connectivity index (χ2v) is 6.43. The summed E-state index contributed by atoms with van der Waals surface area (Å²) in [5.41, 5.74) is 10.3. The minimum atomic E-state index is -0.173. The van der Waals surface area contributed by atoms with E-state index < -0.39 is 0 Å². The smallest absolute Gasteiger partial charge is 0.306 e. The average molecular weight is 350 g/mol. The lowest BCUT2D eigenvalue weighted by Gasteiger charge is -2.27. The summed E-state index contributed by atoms with van der Waals surface area (Å²) >= 11 is 0. The molecule has 1 atom stereocenters. The Labute approximate surface area is 151 Å². The Hall–Kier alpha value is -3.12. The van der Waals surface area contributed by atoms with Gasteiger partial charge < -0.3 is 20.7 Å². The van der Waals surface area contributed by atoms with E-state index >= 15 is 0 Å². The Morgan fingerprint density at radius 3 is 2.69 bits per heavy atom. The lowest BCUT2D eigenvalue weighted by atomic mass is 9.83. The van der Waals surface area contributed by atoms with Gasteiger partial charge in [-0.3, -0.25) is 0 Å². The van der Waals surface area contributed by atoms with Crippen molar-refractivity contribution in [3.8, 4) is 17.4 Å². The third kappa shape index (κ3) is 2.64. The van der Waals surface area contributed by atoms with Gasteiger partial charge in [-0.05, 0) is 18.6 Å². The number of phenolic OH excluding ortho intramolecular Hbond substituents is 1. The lowest BCUT2D eigenvalue weighted by molar-refractivity contribution is -0.687. The predicted octanol–water partition coefficient (Wildman–Crippen LogP) is 2.24. The predicted molar refractivity (Wildman–Crippen MR) is 96.2 cm³/mol. The van der Waals surface area contributed by atoms with Crippen molar-refractivity contribution < 1.29 is 19.5 Å². The third-order valence-electron chi connectivity index (χ3n) is 4.69. The molecule has 0 saturated heterocycles. The summed E-state index contributed by atoms with van der Waals surface area (Å²) in [5.74, 6) is 1.45. The first kappa shape index (κ1) is 16.4. The molecule has 0 bridgehead atoms. The number of anilines is 1. The number of nitrogens with two attached hydrogens (primary N) is 1. The molecule has 4 N–H and O–H groups in total. The highest BCUT2D eigenvalue weighted by Crippen LogP contribution is 2.48. The first-order valence-corrected chi connectivity index (χ1v) is 8.44. The number of ether oxygens (including phenoxy) is 1. The SMILES string of the molecule is Cc1ccc([C@@H]2c3ccc(O)cc3Oc3nc[n+](CCO)c(N)c32)cc1. The summed E-state index contributed by atoms with van der Waals surface area (Å²) in [6.07, 6.45) is 1.56. The zero-order valence-electron chi connectivity index (χ0n) is 14.4. The molecule has 2 heterocycles. The van der Waals surface area contributed by atoms with Crippen LogP contribution in [0.5, 0.6) is 17.4 Å². The molecule has 6 nitrogen and oxygen atoms in total. The first-order valence-electron chi connectivity index (χ1n) is 8.44. The Morgan fingerprint density at radius 1 is 1.19 bits per heavy atom. The monoisotopic (exact) mass is 350 g/mol. The van der Waals surface area contributed by atoms with Crippen molar-refractivity contribution in [2.45, 2.75) is 19.4 Å². The minimum Gasteiger partial charge on any atom is -0.508 e. The maximum Gasteiger partial charge on any atom is 0.306 e. The van der Waals surface area contributed by atoms with Crippen LogP contribution in [-0.4, -0.2) is 21.8 Å². The van der Waals surface area contributed by atoms with Gasteiger partial charge in [0.1, 0.15) is 17.1 Å². The fourth-order valence-corrected chi connectivity index (χ4v) is 3.37. The van der Waals surface area contributed by atoms with Crippen molar-refractivity contribution in [3.05, 3.63) is 71.0 Å². The van der Waals surface area contributed by atoms with Gasteiger partial charge in [0.15, 0.2) is 0 Å². The van der Waals surface area contributed by atoms with Gasteiger partial charge in [0.2, 0.25) is 12.1 Å². The van der Waals surface area contributed by atoms with Crippen molar-refractivity contribution in [3.63, 3.8) is 0 Å². The van der Waals surface area contributed by atoms with Gasteiger partial charge in [-0.15, -0.1) is 0 Å². The summed E-state index contributed by atoms with van der Waals surface area (Å²) < 4.78 is 7.64. The van der Waals surface area contributed by atoms with Crippen LogP contribution in [0.4, 0.5) is 5.82 Å². The Kier molecular flexibility index (Phi) is 3.97. The molecule has 0 radical (unpaired) electrons. The van der Waals surface area contributed by atoms with Crippen LogP contribution >= 0.6 is 0 Å². The van der Waals surface area contributed by atoms with Crippen molar-refractivity contribution in [1.29, 1.82) is 0 Å².